The standard InChI is InChI=1S/C11H23N3O/c1-4-14(9(2)3)8-11(5-6-11)7-10(12)13-15/h9,15H,4-8H2,1-3H3,(H2,12,13). The summed E-state index contributed by atoms with van der Waals surface area (Å²) in [7, 11) is 0. The highest BCUT2D eigenvalue weighted by molar-refractivity contribution is 5.80. The van der Waals surface area contributed by atoms with E-state index < -0.39 is 0 Å². The minimum atomic E-state index is 0.288. The van der Waals surface area contributed by atoms with Gasteiger partial charge in [-0.15, -0.1) is 0 Å². The van der Waals surface area contributed by atoms with Gasteiger partial charge in [-0.2, -0.15) is 0 Å². The second-order valence-electron chi connectivity index (χ2n) is 4.92. The van der Waals surface area contributed by atoms with Crippen molar-refractivity contribution in [1.29, 1.82) is 0 Å². The highest BCUT2D eigenvalue weighted by Crippen LogP contribution is 2.49. The summed E-state index contributed by atoms with van der Waals surface area (Å²) in [6.45, 7) is 8.73. The Labute approximate surface area is 92.1 Å². The monoisotopic (exact) mass is 213 g/mol. The van der Waals surface area contributed by atoms with E-state index in [1.54, 1.807) is 0 Å². The van der Waals surface area contributed by atoms with Crippen molar-refractivity contribution in [1.82, 2.24) is 4.90 Å². The molecule has 0 aliphatic heterocycles. The summed E-state index contributed by atoms with van der Waals surface area (Å²) >= 11 is 0. The summed E-state index contributed by atoms with van der Waals surface area (Å²) in [6, 6.07) is 0.569. The zero-order chi connectivity index (χ0) is 11.5. The highest BCUT2D eigenvalue weighted by atomic mass is 16.4. The minimum Gasteiger partial charge on any atom is -0.409 e. The van der Waals surface area contributed by atoms with E-state index in [1.165, 1.54) is 12.8 Å². The Kier molecular flexibility index (Phi) is 3.97. The fourth-order valence-corrected chi connectivity index (χ4v) is 2.08. The van der Waals surface area contributed by atoms with Gasteiger partial charge in [-0.05, 0) is 38.6 Å². The number of hydrogen-bond acceptors (Lipinski definition) is 3. The molecule has 0 aromatic carbocycles. The minimum absolute atomic E-state index is 0.288. The Morgan fingerprint density at radius 2 is 2.13 bits per heavy atom. The molecule has 15 heavy (non-hydrogen) atoms. The molecular formula is C11H23N3O. The molecule has 0 aromatic heterocycles. The molecule has 1 aliphatic carbocycles. The summed E-state index contributed by atoms with van der Waals surface area (Å²) in [6.07, 6.45) is 3.13. The number of hydrogen-bond donors (Lipinski definition) is 2. The maximum absolute atomic E-state index is 8.58. The molecule has 0 atom stereocenters. The van der Waals surface area contributed by atoms with Gasteiger partial charge < -0.3 is 15.8 Å². The molecule has 1 rings (SSSR count). The average Bonchev–Trinajstić information content (AvgIpc) is 2.94. The Morgan fingerprint density at radius 1 is 1.53 bits per heavy atom. The fraction of sp³-hybridized carbons (Fsp3) is 0.909. The zero-order valence-electron chi connectivity index (χ0n) is 10.0. The number of nitrogens with two attached hydrogens (primary N) is 1. The molecule has 0 radical (unpaired) electrons. The van der Waals surface area contributed by atoms with Crippen LogP contribution < -0.4 is 5.73 Å². The van der Waals surface area contributed by atoms with Crippen LogP contribution in [0, 0.1) is 5.41 Å². The molecule has 88 valence electrons. The van der Waals surface area contributed by atoms with E-state index in [4.69, 9.17) is 10.9 Å². The van der Waals surface area contributed by atoms with Crippen molar-refractivity contribution >= 4 is 5.84 Å². The van der Waals surface area contributed by atoms with Crippen LogP contribution in [0.4, 0.5) is 0 Å². The molecule has 1 saturated carbocycles. The van der Waals surface area contributed by atoms with Gasteiger partial charge in [-0.1, -0.05) is 12.1 Å². The van der Waals surface area contributed by atoms with Crippen molar-refractivity contribution in [3.63, 3.8) is 0 Å². The van der Waals surface area contributed by atoms with Crippen molar-refractivity contribution < 1.29 is 5.21 Å². The second-order valence-corrected chi connectivity index (χ2v) is 4.92. The maximum Gasteiger partial charge on any atom is 0.139 e. The van der Waals surface area contributed by atoms with Crippen LogP contribution in [0.2, 0.25) is 0 Å². The lowest BCUT2D eigenvalue weighted by atomic mass is 10.0. The van der Waals surface area contributed by atoms with Crippen LogP contribution >= 0.6 is 0 Å². The van der Waals surface area contributed by atoms with Crippen molar-refractivity contribution in [3.8, 4) is 0 Å². The van der Waals surface area contributed by atoms with Crippen LogP contribution in [-0.2, 0) is 0 Å². The first kappa shape index (κ1) is 12.3. The van der Waals surface area contributed by atoms with E-state index in [0.717, 1.165) is 19.5 Å². The molecule has 0 aromatic rings. The molecule has 0 spiro atoms. The molecule has 0 unspecified atom stereocenters. The lowest BCUT2D eigenvalue weighted by molar-refractivity contribution is 0.188. The Morgan fingerprint density at radius 3 is 2.47 bits per heavy atom. The molecule has 1 aliphatic rings. The summed E-state index contributed by atoms with van der Waals surface area (Å²) in [5, 5.41) is 11.6. The molecule has 0 bridgehead atoms. The Balaban J connectivity index is 2.49. The molecule has 0 amide bonds. The van der Waals surface area contributed by atoms with Gasteiger partial charge in [0.1, 0.15) is 5.84 Å². The van der Waals surface area contributed by atoms with Crippen molar-refractivity contribution in [2.24, 2.45) is 16.3 Å². The smallest absolute Gasteiger partial charge is 0.139 e. The van der Waals surface area contributed by atoms with Crippen LogP contribution in [0.15, 0.2) is 5.16 Å². The van der Waals surface area contributed by atoms with E-state index in [2.05, 4.69) is 30.8 Å². The van der Waals surface area contributed by atoms with Gasteiger partial charge in [0, 0.05) is 19.0 Å². The Bertz CT molecular complexity index is 234. The third kappa shape index (κ3) is 3.38. The SMILES string of the molecule is CCN(CC1(CC(N)=NO)CC1)C(C)C. The van der Waals surface area contributed by atoms with Gasteiger partial charge in [0.25, 0.3) is 0 Å². The van der Waals surface area contributed by atoms with Crippen molar-refractivity contribution in [2.45, 2.75) is 46.1 Å². The molecule has 0 saturated heterocycles. The number of oxime groups is 1. The van der Waals surface area contributed by atoms with Gasteiger partial charge in [0.2, 0.25) is 0 Å². The van der Waals surface area contributed by atoms with Crippen LogP contribution in [0.5, 0.6) is 0 Å². The molecular weight excluding hydrogens is 190 g/mol. The van der Waals surface area contributed by atoms with E-state index in [9.17, 15) is 0 Å². The molecule has 1 fully saturated rings. The third-order valence-electron chi connectivity index (χ3n) is 3.32. The van der Waals surface area contributed by atoms with E-state index >= 15 is 0 Å². The molecule has 4 heteroatoms. The zero-order valence-corrected chi connectivity index (χ0v) is 10.0. The lowest BCUT2D eigenvalue weighted by Crippen LogP contribution is -2.37. The average molecular weight is 213 g/mol. The van der Waals surface area contributed by atoms with Gasteiger partial charge in [0.15, 0.2) is 0 Å². The van der Waals surface area contributed by atoms with Crippen LogP contribution in [0.3, 0.4) is 0 Å². The van der Waals surface area contributed by atoms with E-state index in [-0.39, 0.29) is 5.41 Å². The lowest BCUT2D eigenvalue weighted by Gasteiger charge is -2.29. The summed E-state index contributed by atoms with van der Waals surface area (Å²) in [5.41, 5.74) is 5.86. The van der Waals surface area contributed by atoms with E-state index in [1.807, 2.05) is 0 Å². The van der Waals surface area contributed by atoms with Crippen LogP contribution in [0.25, 0.3) is 0 Å². The molecule has 0 heterocycles. The van der Waals surface area contributed by atoms with Gasteiger partial charge >= 0.3 is 0 Å². The van der Waals surface area contributed by atoms with Crippen LogP contribution in [-0.4, -0.2) is 35.1 Å². The van der Waals surface area contributed by atoms with Crippen molar-refractivity contribution in [3.05, 3.63) is 0 Å². The Hall–Kier alpha value is -0.770. The summed E-state index contributed by atoms with van der Waals surface area (Å²) < 4.78 is 0. The maximum atomic E-state index is 8.58. The predicted octanol–water partition coefficient (Wildman–Crippen LogP) is 1.63. The summed E-state index contributed by atoms with van der Waals surface area (Å²) in [5.74, 6) is 0.368. The van der Waals surface area contributed by atoms with Gasteiger partial charge in [0.05, 0.1) is 0 Å². The molecule has 4 nitrogen and oxygen atoms in total. The van der Waals surface area contributed by atoms with Crippen LogP contribution in [0.1, 0.15) is 40.0 Å². The number of nitrogens with zero attached hydrogens (tertiary/aromatic N) is 2. The molecule has 3 N–H and O–H groups in total. The first-order valence-electron chi connectivity index (χ1n) is 5.73. The van der Waals surface area contributed by atoms with E-state index in [0.29, 0.717) is 11.9 Å². The van der Waals surface area contributed by atoms with Gasteiger partial charge in [-0.25, -0.2) is 0 Å². The topological polar surface area (TPSA) is 61.8 Å². The number of amidine groups is 1. The predicted molar refractivity (Wildman–Crippen MR) is 62.1 cm³/mol. The highest BCUT2D eigenvalue weighted by Gasteiger charge is 2.44. The fourth-order valence-electron chi connectivity index (χ4n) is 2.08. The summed E-state index contributed by atoms with van der Waals surface area (Å²) in [4.78, 5) is 2.44. The first-order chi connectivity index (χ1) is 7.03. The third-order valence-corrected chi connectivity index (χ3v) is 3.32. The number of rotatable bonds is 6. The quantitative estimate of drug-likeness (QED) is 0.305. The first-order valence-corrected chi connectivity index (χ1v) is 5.73. The van der Waals surface area contributed by atoms with Crippen molar-refractivity contribution in [2.75, 3.05) is 13.1 Å². The van der Waals surface area contributed by atoms with Gasteiger partial charge in [-0.3, -0.25) is 0 Å². The second kappa shape index (κ2) is 4.84. The largest absolute Gasteiger partial charge is 0.409 e. The normalized spacial score (nSPS) is 19.9.